The maximum Gasteiger partial charge on any atom is 0.331 e. The highest BCUT2D eigenvalue weighted by Gasteiger charge is 2.16. The van der Waals surface area contributed by atoms with Gasteiger partial charge in [0.1, 0.15) is 6.10 Å². The molecule has 0 aliphatic carbocycles. The lowest BCUT2D eigenvalue weighted by Gasteiger charge is -2.18. The minimum atomic E-state index is -0.909. The van der Waals surface area contributed by atoms with Gasteiger partial charge in [0.25, 0.3) is 0 Å². The first kappa shape index (κ1) is 14.1. The summed E-state index contributed by atoms with van der Waals surface area (Å²) in [6.45, 7) is 8.67. The standard InChI is InChI=1S/C11H20O4/c1-5-14-7-10(15-6-2)8(3)9(4)11(12)13/h10H,5-7H2,1-4H3,(H,12,13). The average molecular weight is 216 g/mol. The van der Waals surface area contributed by atoms with E-state index in [2.05, 4.69) is 0 Å². The van der Waals surface area contributed by atoms with E-state index in [4.69, 9.17) is 14.6 Å². The minimum absolute atomic E-state index is 0.258. The quantitative estimate of drug-likeness (QED) is 0.660. The molecule has 88 valence electrons. The van der Waals surface area contributed by atoms with Crippen molar-refractivity contribution < 1.29 is 19.4 Å². The van der Waals surface area contributed by atoms with Gasteiger partial charge in [-0.3, -0.25) is 0 Å². The molecule has 4 nitrogen and oxygen atoms in total. The highest BCUT2D eigenvalue weighted by Crippen LogP contribution is 2.12. The second-order valence-corrected chi connectivity index (χ2v) is 3.22. The Hall–Kier alpha value is -0.870. The number of aliphatic carboxylic acids is 1. The molecule has 0 aliphatic heterocycles. The molecule has 0 aromatic rings. The van der Waals surface area contributed by atoms with Gasteiger partial charge in [-0.1, -0.05) is 0 Å². The Morgan fingerprint density at radius 2 is 1.87 bits per heavy atom. The largest absolute Gasteiger partial charge is 0.478 e. The van der Waals surface area contributed by atoms with Crippen LogP contribution in [0.25, 0.3) is 0 Å². The van der Waals surface area contributed by atoms with E-state index in [1.54, 1.807) is 13.8 Å². The molecule has 0 spiro atoms. The van der Waals surface area contributed by atoms with Crippen LogP contribution >= 0.6 is 0 Å². The van der Waals surface area contributed by atoms with Crippen LogP contribution in [0.4, 0.5) is 0 Å². The van der Waals surface area contributed by atoms with Crippen molar-refractivity contribution in [2.75, 3.05) is 19.8 Å². The normalized spacial score (nSPS) is 14.7. The van der Waals surface area contributed by atoms with E-state index in [0.717, 1.165) is 5.57 Å². The van der Waals surface area contributed by atoms with Crippen LogP contribution < -0.4 is 0 Å². The van der Waals surface area contributed by atoms with E-state index < -0.39 is 5.97 Å². The number of carboxylic acid groups (broad SMARTS) is 1. The van der Waals surface area contributed by atoms with Crippen molar-refractivity contribution in [2.45, 2.75) is 33.8 Å². The summed E-state index contributed by atoms with van der Waals surface area (Å²) in [5.41, 5.74) is 1.05. The number of hydrogen-bond donors (Lipinski definition) is 1. The van der Waals surface area contributed by atoms with Crippen LogP contribution in [0.15, 0.2) is 11.1 Å². The van der Waals surface area contributed by atoms with Crippen LogP contribution in [0, 0.1) is 0 Å². The number of carboxylic acids is 1. The molecular weight excluding hydrogens is 196 g/mol. The van der Waals surface area contributed by atoms with Gasteiger partial charge in [0.2, 0.25) is 0 Å². The Morgan fingerprint density at radius 1 is 1.27 bits per heavy atom. The molecule has 0 aromatic heterocycles. The number of rotatable bonds is 7. The summed E-state index contributed by atoms with van der Waals surface area (Å²) < 4.78 is 10.7. The average Bonchev–Trinajstić information content (AvgIpc) is 2.22. The lowest BCUT2D eigenvalue weighted by atomic mass is 10.1. The van der Waals surface area contributed by atoms with Gasteiger partial charge in [-0.25, -0.2) is 4.79 Å². The zero-order chi connectivity index (χ0) is 11.8. The second kappa shape index (κ2) is 7.43. The van der Waals surface area contributed by atoms with Crippen LogP contribution in [0.2, 0.25) is 0 Å². The predicted molar refractivity (Wildman–Crippen MR) is 57.9 cm³/mol. The Balaban J connectivity index is 4.59. The van der Waals surface area contributed by atoms with E-state index in [9.17, 15) is 4.79 Å². The maximum atomic E-state index is 10.8. The smallest absolute Gasteiger partial charge is 0.331 e. The lowest BCUT2D eigenvalue weighted by molar-refractivity contribution is -0.132. The molecular formula is C11H20O4. The van der Waals surface area contributed by atoms with Crippen molar-refractivity contribution >= 4 is 5.97 Å². The van der Waals surface area contributed by atoms with E-state index in [-0.39, 0.29) is 6.10 Å². The lowest BCUT2D eigenvalue weighted by Crippen LogP contribution is -2.23. The summed E-state index contributed by atoms with van der Waals surface area (Å²) in [6, 6.07) is 0. The Labute approximate surface area is 90.9 Å². The third-order valence-corrected chi connectivity index (χ3v) is 2.24. The topological polar surface area (TPSA) is 55.8 Å². The fourth-order valence-corrected chi connectivity index (χ4v) is 1.13. The Bertz CT molecular complexity index is 233. The van der Waals surface area contributed by atoms with Crippen molar-refractivity contribution in [1.29, 1.82) is 0 Å². The van der Waals surface area contributed by atoms with Gasteiger partial charge in [-0.05, 0) is 33.3 Å². The number of ether oxygens (including phenoxy) is 2. The van der Waals surface area contributed by atoms with E-state index in [0.29, 0.717) is 25.4 Å². The molecule has 0 saturated heterocycles. The fraction of sp³-hybridized carbons (Fsp3) is 0.727. The zero-order valence-electron chi connectivity index (χ0n) is 9.87. The van der Waals surface area contributed by atoms with Crippen molar-refractivity contribution in [3.8, 4) is 0 Å². The molecule has 0 amide bonds. The molecule has 0 radical (unpaired) electrons. The molecule has 0 rings (SSSR count). The highest BCUT2D eigenvalue weighted by molar-refractivity contribution is 5.86. The van der Waals surface area contributed by atoms with Gasteiger partial charge < -0.3 is 14.6 Å². The van der Waals surface area contributed by atoms with E-state index in [1.807, 2.05) is 13.8 Å². The van der Waals surface area contributed by atoms with Crippen LogP contribution in [-0.4, -0.2) is 37.0 Å². The Morgan fingerprint density at radius 3 is 2.27 bits per heavy atom. The van der Waals surface area contributed by atoms with Gasteiger partial charge in [-0.2, -0.15) is 0 Å². The van der Waals surface area contributed by atoms with Gasteiger partial charge >= 0.3 is 5.97 Å². The molecule has 0 aliphatic rings. The predicted octanol–water partition coefficient (Wildman–Crippen LogP) is 1.85. The molecule has 4 heteroatoms. The molecule has 0 bridgehead atoms. The first-order valence-electron chi connectivity index (χ1n) is 5.14. The molecule has 1 atom stereocenters. The second-order valence-electron chi connectivity index (χ2n) is 3.22. The van der Waals surface area contributed by atoms with Gasteiger partial charge in [0.05, 0.1) is 6.61 Å². The minimum Gasteiger partial charge on any atom is -0.478 e. The summed E-state index contributed by atoms with van der Waals surface area (Å²) in [5, 5.41) is 8.84. The third-order valence-electron chi connectivity index (χ3n) is 2.24. The van der Waals surface area contributed by atoms with Gasteiger partial charge in [-0.15, -0.1) is 0 Å². The van der Waals surface area contributed by atoms with Crippen LogP contribution in [0.5, 0.6) is 0 Å². The zero-order valence-corrected chi connectivity index (χ0v) is 9.87. The molecule has 15 heavy (non-hydrogen) atoms. The fourth-order valence-electron chi connectivity index (χ4n) is 1.13. The van der Waals surface area contributed by atoms with Crippen LogP contribution in [-0.2, 0) is 14.3 Å². The molecule has 1 unspecified atom stereocenters. The summed E-state index contributed by atoms with van der Waals surface area (Å²) >= 11 is 0. The van der Waals surface area contributed by atoms with Crippen molar-refractivity contribution in [3.05, 3.63) is 11.1 Å². The molecule has 1 N–H and O–H groups in total. The highest BCUT2D eigenvalue weighted by atomic mass is 16.5. The summed E-state index contributed by atoms with van der Waals surface area (Å²) in [6.07, 6.45) is -0.258. The maximum absolute atomic E-state index is 10.8. The van der Waals surface area contributed by atoms with Crippen molar-refractivity contribution in [1.82, 2.24) is 0 Å². The molecule has 0 aromatic carbocycles. The monoisotopic (exact) mass is 216 g/mol. The van der Waals surface area contributed by atoms with Crippen LogP contribution in [0.1, 0.15) is 27.7 Å². The van der Waals surface area contributed by atoms with E-state index >= 15 is 0 Å². The molecule has 0 saturated carbocycles. The van der Waals surface area contributed by atoms with E-state index in [1.165, 1.54) is 0 Å². The first-order valence-corrected chi connectivity index (χ1v) is 5.14. The molecule has 0 fully saturated rings. The van der Waals surface area contributed by atoms with Gasteiger partial charge in [0.15, 0.2) is 0 Å². The van der Waals surface area contributed by atoms with Gasteiger partial charge in [0, 0.05) is 18.8 Å². The molecule has 0 heterocycles. The summed E-state index contributed by atoms with van der Waals surface area (Å²) in [4.78, 5) is 10.8. The summed E-state index contributed by atoms with van der Waals surface area (Å²) in [5.74, 6) is -0.909. The third kappa shape index (κ3) is 4.95. The van der Waals surface area contributed by atoms with Crippen molar-refractivity contribution in [3.63, 3.8) is 0 Å². The van der Waals surface area contributed by atoms with Crippen molar-refractivity contribution in [2.24, 2.45) is 0 Å². The summed E-state index contributed by atoms with van der Waals surface area (Å²) in [7, 11) is 0. The number of hydrogen-bond acceptors (Lipinski definition) is 3. The SMILES string of the molecule is CCOCC(OCC)C(C)=C(C)C(=O)O. The number of carbonyl (C=O) groups is 1. The first-order chi connectivity index (χ1) is 7.04. The Kier molecular flexibility index (Phi) is 6.99. The van der Waals surface area contributed by atoms with Crippen LogP contribution in [0.3, 0.4) is 0 Å².